The van der Waals surface area contributed by atoms with Gasteiger partial charge in [-0.05, 0) is 24.3 Å². The zero-order valence-corrected chi connectivity index (χ0v) is 13.7. The Labute approximate surface area is 149 Å². The SMILES string of the molecule is N#Cc1c(N)ncnc1NCc1nc2cccnc2n1-c1ccccc1. The van der Waals surface area contributed by atoms with Crippen molar-refractivity contribution < 1.29 is 0 Å². The van der Waals surface area contributed by atoms with Crippen molar-refractivity contribution in [2.45, 2.75) is 6.54 Å². The normalized spacial score (nSPS) is 10.6. The lowest BCUT2D eigenvalue weighted by molar-refractivity contribution is 0.902. The lowest BCUT2D eigenvalue weighted by Crippen LogP contribution is -2.11. The number of nitrogens with one attached hydrogen (secondary N) is 1. The number of para-hydroxylation sites is 1. The molecule has 3 aromatic heterocycles. The number of anilines is 2. The molecule has 8 nitrogen and oxygen atoms in total. The molecule has 0 aliphatic rings. The molecule has 0 saturated carbocycles. The first-order valence-electron chi connectivity index (χ1n) is 7.90. The van der Waals surface area contributed by atoms with Gasteiger partial charge in [-0.25, -0.2) is 19.9 Å². The zero-order chi connectivity index (χ0) is 17.9. The van der Waals surface area contributed by atoms with E-state index in [0.717, 1.165) is 22.7 Å². The summed E-state index contributed by atoms with van der Waals surface area (Å²) in [7, 11) is 0. The van der Waals surface area contributed by atoms with Crippen LogP contribution in [0.3, 0.4) is 0 Å². The molecule has 1 aromatic carbocycles. The number of hydrogen-bond donors (Lipinski definition) is 2. The lowest BCUT2D eigenvalue weighted by atomic mass is 10.3. The monoisotopic (exact) mass is 342 g/mol. The van der Waals surface area contributed by atoms with Crippen LogP contribution >= 0.6 is 0 Å². The molecule has 0 radical (unpaired) electrons. The number of fused-ring (bicyclic) bond motifs is 1. The van der Waals surface area contributed by atoms with E-state index in [9.17, 15) is 5.26 Å². The van der Waals surface area contributed by atoms with E-state index < -0.39 is 0 Å². The highest BCUT2D eigenvalue weighted by atomic mass is 15.2. The van der Waals surface area contributed by atoms with Crippen LogP contribution in [0.1, 0.15) is 11.4 Å². The average molecular weight is 342 g/mol. The molecular formula is C18H14N8. The Morgan fingerprint density at radius 2 is 1.92 bits per heavy atom. The molecular weight excluding hydrogens is 328 g/mol. The van der Waals surface area contributed by atoms with Gasteiger partial charge in [0, 0.05) is 11.9 Å². The maximum Gasteiger partial charge on any atom is 0.164 e. The van der Waals surface area contributed by atoms with E-state index in [0.29, 0.717) is 12.4 Å². The van der Waals surface area contributed by atoms with Crippen LogP contribution in [-0.4, -0.2) is 24.5 Å². The predicted octanol–water partition coefficient (Wildman–Crippen LogP) is 2.28. The maximum atomic E-state index is 9.26. The number of nitriles is 1. The Morgan fingerprint density at radius 3 is 2.73 bits per heavy atom. The third kappa shape index (κ3) is 2.67. The van der Waals surface area contributed by atoms with Crippen molar-refractivity contribution in [3.8, 4) is 11.8 Å². The smallest absolute Gasteiger partial charge is 0.164 e. The fourth-order valence-electron chi connectivity index (χ4n) is 2.73. The summed E-state index contributed by atoms with van der Waals surface area (Å²) in [5.74, 6) is 1.26. The Hall–Kier alpha value is -3.99. The van der Waals surface area contributed by atoms with Crippen molar-refractivity contribution in [2.75, 3.05) is 11.1 Å². The summed E-state index contributed by atoms with van der Waals surface area (Å²) in [6.45, 7) is 0.344. The minimum absolute atomic E-state index is 0.142. The predicted molar refractivity (Wildman–Crippen MR) is 97.4 cm³/mol. The highest BCUT2D eigenvalue weighted by molar-refractivity contribution is 5.74. The van der Waals surface area contributed by atoms with E-state index in [4.69, 9.17) is 5.73 Å². The molecule has 4 rings (SSSR count). The van der Waals surface area contributed by atoms with Crippen molar-refractivity contribution in [3.63, 3.8) is 0 Å². The topological polar surface area (TPSA) is 118 Å². The first-order chi connectivity index (χ1) is 12.8. The molecule has 4 aromatic rings. The van der Waals surface area contributed by atoms with Crippen molar-refractivity contribution >= 4 is 22.8 Å². The number of nitrogens with zero attached hydrogens (tertiary/aromatic N) is 6. The Morgan fingerprint density at radius 1 is 1.08 bits per heavy atom. The van der Waals surface area contributed by atoms with Gasteiger partial charge in [0.2, 0.25) is 0 Å². The second-order valence-electron chi connectivity index (χ2n) is 5.49. The maximum absolute atomic E-state index is 9.26. The average Bonchev–Trinajstić information content (AvgIpc) is 3.05. The van der Waals surface area contributed by atoms with Crippen LogP contribution in [0.15, 0.2) is 55.0 Å². The van der Waals surface area contributed by atoms with Crippen LogP contribution < -0.4 is 11.1 Å². The molecule has 126 valence electrons. The molecule has 0 amide bonds. The second-order valence-corrected chi connectivity index (χ2v) is 5.49. The standard InChI is InChI=1S/C18H14N8/c19-9-13-16(20)23-11-24-17(13)22-10-15-25-14-7-4-8-21-18(14)26(15)12-5-2-1-3-6-12/h1-8,11H,10H2,(H3,20,22,23,24). The molecule has 0 unspecified atom stereocenters. The second kappa shape index (κ2) is 6.49. The minimum Gasteiger partial charge on any atom is -0.382 e. The number of benzene rings is 1. The van der Waals surface area contributed by atoms with Crippen LogP contribution in [-0.2, 0) is 6.54 Å². The van der Waals surface area contributed by atoms with Gasteiger partial charge in [0.1, 0.15) is 40.9 Å². The molecule has 8 heteroatoms. The molecule has 3 heterocycles. The van der Waals surface area contributed by atoms with E-state index in [2.05, 4.69) is 25.3 Å². The number of hydrogen-bond acceptors (Lipinski definition) is 7. The van der Waals surface area contributed by atoms with E-state index >= 15 is 0 Å². The lowest BCUT2D eigenvalue weighted by Gasteiger charge is -2.11. The van der Waals surface area contributed by atoms with Crippen molar-refractivity contribution in [1.82, 2.24) is 24.5 Å². The first-order valence-corrected chi connectivity index (χ1v) is 7.90. The number of aromatic nitrogens is 5. The number of pyridine rings is 1. The van der Waals surface area contributed by atoms with E-state index in [1.54, 1.807) is 6.20 Å². The van der Waals surface area contributed by atoms with E-state index in [1.165, 1.54) is 6.33 Å². The number of nitrogens with two attached hydrogens (primary N) is 1. The molecule has 0 atom stereocenters. The molecule has 0 aliphatic heterocycles. The van der Waals surface area contributed by atoms with Gasteiger partial charge >= 0.3 is 0 Å². The van der Waals surface area contributed by atoms with Gasteiger partial charge in [0.25, 0.3) is 0 Å². The fourth-order valence-corrected chi connectivity index (χ4v) is 2.73. The summed E-state index contributed by atoms with van der Waals surface area (Å²) < 4.78 is 1.97. The molecule has 0 spiro atoms. The van der Waals surface area contributed by atoms with E-state index in [1.807, 2.05) is 53.1 Å². The van der Waals surface area contributed by atoms with Gasteiger partial charge in [0.15, 0.2) is 5.65 Å². The first kappa shape index (κ1) is 15.5. The third-order valence-corrected chi connectivity index (χ3v) is 3.90. The molecule has 0 aliphatic carbocycles. The number of rotatable bonds is 4. The fraction of sp³-hybridized carbons (Fsp3) is 0.0556. The Kier molecular flexibility index (Phi) is 3.88. The molecule has 3 N–H and O–H groups in total. The van der Waals surface area contributed by atoms with Crippen molar-refractivity contribution in [1.29, 1.82) is 5.26 Å². The Balaban J connectivity index is 1.76. The Bertz CT molecular complexity index is 1110. The third-order valence-electron chi connectivity index (χ3n) is 3.90. The van der Waals surface area contributed by atoms with Gasteiger partial charge in [0.05, 0.1) is 6.54 Å². The van der Waals surface area contributed by atoms with Gasteiger partial charge < -0.3 is 11.1 Å². The summed E-state index contributed by atoms with van der Waals surface area (Å²) in [6, 6.07) is 15.6. The molecule has 0 bridgehead atoms. The van der Waals surface area contributed by atoms with E-state index in [-0.39, 0.29) is 11.4 Å². The highest BCUT2D eigenvalue weighted by Crippen LogP contribution is 2.21. The van der Waals surface area contributed by atoms with Crippen LogP contribution in [0.2, 0.25) is 0 Å². The number of nitrogen functional groups attached to an aromatic ring is 1. The van der Waals surface area contributed by atoms with Gasteiger partial charge in [-0.3, -0.25) is 4.57 Å². The summed E-state index contributed by atoms with van der Waals surface area (Å²) in [6.07, 6.45) is 3.06. The van der Waals surface area contributed by atoms with Gasteiger partial charge in [-0.15, -0.1) is 0 Å². The molecule has 26 heavy (non-hydrogen) atoms. The van der Waals surface area contributed by atoms with Crippen molar-refractivity contribution in [2.24, 2.45) is 0 Å². The van der Waals surface area contributed by atoms with Crippen LogP contribution in [0.4, 0.5) is 11.6 Å². The quantitative estimate of drug-likeness (QED) is 0.584. The number of imidazole rings is 1. The van der Waals surface area contributed by atoms with Crippen LogP contribution in [0.5, 0.6) is 0 Å². The van der Waals surface area contributed by atoms with Crippen LogP contribution in [0.25, 0.3) is 16.9 Å². The summed E-state index contributed by atoms with van der Waals surface area (Å²) >= 11 is 0. The highest BCUT2D eigenvalue weighted by Gasteiger charge is 2.15. The molecule has 0 fully saturated rings. The minimum atomic E-state index is 0.142. The van der Waals surface area contributed by atoms with Gasteiger partial charge in [-0.1, -0.05) is 18.2 Å². The summed E-state index contributed by atoms with van der Waals surface area (Å²) in [5.41, 5.74) is 8.46. The summed E-state index contributed by atoms with van der Waals surface area (Å²) in [4.78, 5) is 17.1. The van der Waals surface area contributed by atoms with Crippen LogP contribution in [0, 0.1) is 11.3 Å². The zero-order valence-electron chi connectivity index (χ0n) is 13.7. The summed E-state index contributed by atoms with van der Waals surface area (Å²) in [5, 5.41) is 12.4. The largest absolute Gasteiger partial charge is 0.382 e. The van der Waals surface area contributed by atoms with Gasteiger partial charge in [-0.2, -0.15) is 5.26 Å². The van der Waals surface area contributed by atoms with Crippen molar-refractivity contribution in [3.05, 3.63) is 66.4 Å². The molecule has 0 saturated heterocycles.